The molecule has 0 heterocycles. The van der Waals surface area contributed by atoms with Crippen molar-refractivity contribution in [1.82, 2.24) is 0 Å². The average Bonchev–Trinajstić information content (AvgIpc) is 2.34. The molecule has 0 aromatic carbocycles. The number of carbonyl (C=O) groups is 1. The molecule has 0 amide bonds. The van der Waals surface area contributed by atoms with E-state index in [1.807, 2.05) is 0 Å². The van der Waals surface area contributed by atoms with Crippen molar-refractivity contribution >= 4 is 58.8 Å². The molecule has 98 valence electrons. The Morgan fingerprint density at radius 1 is 1.50 bits per heavy atom. The number of hydrogen-bond acceptors (Lipinski definition) is 5. The maximum absolute atomic E-state index is 11.6. The second-order valence-corrected chi connectivity index (χ2v) is 7.24. The maximum Gasteiger partial charge on any atom is 0.348 e. The average molecular weight is 369 g/mol. The lowest BCUT2D eigenvalue weighted by atomic mass is 10.0. The van der Waals surface area contributed by atoms with E-state index < -0.39 is 13.8 Å². The fraction of sp³-hybridized carbons (Fsp3) is 0.273. The summed E-state index contributed by atoms with van der Waals surface area (Å²) in [7, 11) is 1.15. The molecule has 7 heteroatoms. The SMILES string of the molecule is C=CC(S)(Cl)/C(=C(\C#N)C(=O)OC)C(S)(Br)C=C. The van der Waals surface area contributed by atoms with Crippen LogP contribution in [0.4, 0.5) is 0 Å². The lowest BCUT2D eigenvalue weighted by molar-refractivity contribution is -0.135. The molecule has 0 aromatic rings. The summed E-state index contributed by atoms with van der Waals surface area (Å²) in [6.45, 7) is 7.07. The van der Waals surface area contributed by atoms with Crippen LogP contribution in [0.15, 0.2) is 36.5 Å². The van der Waals surface area contributed by atoms with Crippen LogP contribution in [-0.4, -0.2) is 20.9 Å². The molecule has 3 nitrogen and oxygen atoms in total. The summed E-state index contributed by atoms with van der Waals surface area (Å²) >= 11 is 17.8. The molecule has 0 radical (unpaired) electrons. The van der Waals surface area contributed by atoms with E-state index in [1.165, 1.54) is 12.2 Å². The molecule has 18 heavy (non-hydrogen) atoms. The van der Waals surface area contributed by atoms with Gasteiger partial charge in [0, 0.05) is 5.57 Å². The minimum Gasteiger partial charge on any atom is -0.465 e. The molecule has 0 bridgehead atoms. The molecule has 0 saturated carbocycles. The first-order chi connectivity index (χ1) is 8.17. The Hall–Kier alpha value is -0.350. The van der Waals surface area contributed by atoms with Gasteiger partial charge < -0.3 is 4.74 Å². The van der Waals surface area contributed by atoms with Gasteiger partial charge in [-0.15, -0.1) is 25.8 Å². The second-order valence-electron chi connectivity index (χ2n) is 3.11. The summed E-state index contributed by atoms with van der Waals surface area (Å²) in [4.78, 5) is 11.6. The molecule has 0 saturated heterocycles. The van der Waals surface area contributed by atoms with Crippen molar-refractivity contribution in [2.24, 2.45) is 0 Å². The third-order valence-electron chi connectivity index (χ3n) is 1.99. The van der Waals surface area contributed by atoms with Crippen molar-refractivity contribution in [1.29, 1.82) is 5.26 Å². The van der Waals surface area contributed by atoms with Gasteiger partial charge in [-0.1, -0.05) is 39.7 Å². The van der Waals surface area contributed by atoms with Crippen LogP contribution in [0.1, 0.15) is 0 Å². The largest absolute Gasteiger partial charge is 0.465 e. The van der Waals surface area contributed by atoms with Gasteiger partial charge in [0.25, 0.3) is 0 Å². The number of nitriles is 1. The molecular weight excluding hydrogens is 358 g/mol. The molecule has 0 aliphatic rings. The number of nitrogens with zero attached hydrogens (tertiary/aromatic N) is 1. The fourth-order valence-corrected chi connectivity index (χ4v) is 2.86. The van der Waals surface area contributed by atoms with E-state index in [0.717, 1.165) is 7.11 Å². The Morgan fingerprint density at radius 2 is 2.00 bits per heavy atom. The van der Waals surface area contributed by atoms with Crippen molar-refractivity contribution < 1.29 is 9.53 Å². The minimum atomic E-state index is -1.46. The van der Waals surface area contributed by atoms with Gasteiger partial charge in [-0.2, -0.15) is 17.9 Å². The number of carbonyl (C=O) groups excluding carboxylic acids is 1. The topological polar surface area (TPSA) is 50.1 Å². The Labute approximate surface area is 130 Å². The molecule has 0 spiro atoms. The van der Waals surface area contributed by atoms with Crippen LogP contribution < -0.4 is 0 Å². The highest BCUT2D eigenvalue weighted by Crippen LogP contribution is 2.46. The molecule has 0 N–H and O–H groups in total. The molecule has 0 fully saturated rings. The number of halogens is 2. The second kappa shape index (κ2) is 6.71. The summed E-state index contributed by atoms with van der Waals surface area (Å²) in [5.41, 5.74) is -0.239. The maximum atomic E-state index is 11.6. The Morgan fingerprint density at radius 3 is 2.28 bits per heavy atom. The van der Waals surface area contributed by atoms with Crippen molar-refractivity contribution in [3.63, 3.8) is 0 Å². The predicted molar refractivity (Wildman–Crippen MR) is 83.3 cm³/mol. The van der Waals surface area contributed by atoms with Crippen LogP contribution in [0, 0.1) is 11.3 Å². The van der Waals surface area contributed by atoms with Gasteiger partial charge in [-0.25, -0.2) is 4.79 Å². The highest BCUT2D eigenvalue weighted by Gasteiger charge is 2.41. The first-order valence-electron chi connectivity index (χ1n) is 4.51. The van der Waals surface area contributed by atoms with E-state index in [2.05, 4.69) is 59.1 Å². The van der Waals surface area contributed by atoms with Crippen molar-refractivity contribution in [3.8, 4) is 6.07 Å². The fourth-order valence-electron chi connectivity index (χ4n) is 1.11. The Bertz CT molecular complexity index is 430. The van der Waals surface area contributed by atoms with Crippen LogP contribution in [0.25, 0.3) is 0 Å². The normalized spacial score (nSPS) is 18.4. The van der Waals surface area contributed by atoms with Gasteiger partial charge in [0.05, 0.1) is 7.11 Å². The van der Waals surface area contributed by atoms with Crippen LogP contribution in [-0.2, 0) is 9.53 Å². The van der Waals surface area contributed by atoms with Crippen molar-refractivity contribution in [2.45, 2.75) is 7.86 Å². The van der Waals surface area contributed by atoms with Gasteiger partial charge in [0.2, 0.25) is 0 Å². The van der Waals surface area contributed by atoms with Crippen LogP contribution in [0.2, 0.25) is 0 Å². The number of rotatable bonds is 5. The molecular formula is C11H11BrClNO2S2. The van der Waals surface area contributed by atoms with E-state index in [-0.39, 0.29) is 11.1 Å². The first-order valence-corrected chi connectivity index (χ1v) is 6.57. The third kappa shape index (κ3) is 3.82. The lowest BCUT2D eigenvalue weighted by Gasteiger charge is -2.30. The Kier molecular flexibility index (Phi) is 6.58. The lowest BCUT2D eigenvalue weighted by Crippen LogP contribution is -2.30. The number of hydrogen-bond donors (Lipinski definition) is 2. The van der Waals surface area contributed by atoms with Crippen LogP contribution in [0.3, 0.4) is 0 Å². The van der Waals surface area contributed by atoms with Gasteiger partial charge in [0.1, 0.15) is 19.5 Å². The molecule has 0 aliphatic carbocycles. The van der Waals surface area contributed by atoms with Crippen LogP contribution >= 0.6 is 52.8 Å². The summed E-state index contributed by atoms with van der Waals surface area (Å²) in [6.07, 6.45) is 2.63. The number of alkyl halides is 2. The molecule has 0 aromatic heterocycles. The molecule has 2 atom stereocenters. The van der Waals surface area contributed by atoms with Gasteiger partial charge in [-0.05, 0) is 0 Å². The zero-order valence-corrected chi connectivity index (χ0v) is 13.6. The van der Waals surface area contributed by atoms with Gasteiger partial charge in [-0.3, -0.25) is 0 Å². The van der Waals surface area contributed by atoms with E-state index in [1.54, 1.807) is 6.07 Å². The molecule has 0 aliphatic heterocycles. The summed E-state index contributed by atoms with van der Waals surface area (Å²) < 4.78 is 1.86. The zero-order valence-electron chi connectivity index (χ0n) is 9.48. The first kappa shape index (κ1) is 17.6. The standard InChI is InChI=1S/C11H11BrClNO2S2/c1-4-10(12,17)8(11(13,18)5-2)7(6-14)9(15)16-3/h4-5,17-18H,1-2H2,3H3/b8-7+. The zero-order chi connectivity index (χ0) is 14.6. The number of methoxy groups -OCH3 is 1. The van der Waals surface area contributed by atoms with E-state index in [9.17, 15) is 4.79 Å². The number of ether oxygens (including phenoxy) is 1. The van der Waals surface area contributed by atoms with Crippen molar-refractivity contribution in [2.75, 3.05) is 7.11 Å². The quantitative estimate of drug-likeness (QED) is 0.196. The van der Waals surface area contributed by atoms with Crippen molar-refractivity contribution in [3.05, 3.63) is 36.5 Å². The molecule has 2 unspecified atom stereocenters. The summed E-state index contributed by atoms with van der Waals surface area (Å²) in [6, 6.07) is 1.73. The number of thiol groups is 2. The van der Waals surface area contributed by atoms with Crippen LogP contribution in [0.5, 0.6) is 0 Å². The van der Waals surface area contributed by atoms with Gasteiger partial charge in [0.15, 0.2) is 0 Å². The van der Waals surface area contributed by atoms with Gasteiger partial charge >= 0.3 is 5.97 Å². The summed E-state index contributed by atoms with van der Waals surface area (Å²) in [5.74, 6) is -0.840. The Balaban J connectivity index is 6.32. The van der Waals surface area contributed by atoms with E-state index in [4.69, 9.17) is 16.9 Å². The summed E-state index contributed by atoms with van der Waals surface area (Å²) in [5, 5.41) is 9.09. The highest BCUT2D eigenvalue weighted by molar-refractivity contribution is 9.11. The monoisotopic (exact) mass is 367 g/mol. The number of esters is 1. The minimum absolute atomic E-state index is 0.0719. The van der Waals surface area contributed by atoms with E-state index in [0.29, 0.717) is 0 Å². The molecule has 0 rings (SSSR count). The predicted octanol–water partition coefficient (Wildman–Crippen LogP) is 3.24. The van der Waals surface area contributed by atoms with E-state index >= 15 is 0 Å². The smallest absolute Gasteiger partial charge is 0.348 e. The third-order valence-corrected chi connectivity index (χ3v) is 3.87. The highest BCUT2D eigenvalue weighted by atomic mass is 79.9.